The van der Waals surface area contributed by atoms with Gasteiger partial charge in [-0.15, -0.1) is 11.3 Å². The molecule has 0 atom stereocenters. The number of imide groups is 1. The zero-order valence-electron chi connectivity index (χ0n) is 13.7. The van der Waals surface area contributed by atoms with E-state index in [0.717, 1.165) is 0 Å². The van der Waals surface area contributed by atoms with E-state index in [1.54, 1.807) is 35.7 Å². The third-order valence-corrected chi connectivity index (χ3v) is 5.00. The summed E-state index contributed by atoms with van der Waals surface area (Å²) in [6.45, 7) is 0.0929. The molecule has 2 heterocycles. The number of benzene rings is 2. The van der Waals surface area contributed by atoms with Gasteiger partial charge in [0.1, 0.15) is 5.01 Å². The lowest BCUT2D eigenvalue weighted by molar-refractivity contribution is 0.0642. The zero-order chi connectivity index (χ0) is 18.3. The maximum atomic E-state index is 13.9. The Kier molecular flexibility index (Phi) is 4.00. The fourth-order valence-electron chi connectivity index (χ4n) is 2.86. The Morgan fingerprint density at radius 2 is 1.81 bits per heavy atom. The summed E-state index contributed by atoms with van der Waals surface area (Å²) in [6.07, 6.45) is 0. The molecular weight excluding hydrogens is 355 g/mol. The number of hydrogen-bond acceptors (Lipinski definition) is 5. The number of ether oxygens (including phenoxy) is 1. The largest absolute Gasteiger partial charge is 0.494 e. The molecule has 26 heavy (non-hydrogen) atoms. The van der Waals surface area contributed by atoms with Crippen LogP contribution in [0.1, 0.15) is 25.7 Å². The van der Waals surface area contributed by atoms with Crippen LogP contribution < -0.4 is 4.74 Å². The smallest absolute Gasteiger partial charge is 0.261 e. The van der Waals surface area contributed by atoms with Crippen molar-refractivity contribution in [1.82, 2.24) is 9.88 Å². The molecule has 1 aliphatic rings. The summed E-state index contributed by atoms with van der Waals surface area (Å²) in [7, 11) is 1.40. The summed E-state index contributed by atoms with van der Waals surface area (Å²) < 4.78 is 18.8. The zero-order valence-corrected chi connectivity index (χ0v) is 14.5. The predicted molar refractivity (Wildman–Crippen MR) is 94.7 cm³/mol. The summed E-state index contributed by atoms with van der Waals surface area (Å²) in [6, 6.07) is 11.3. The van der Waals surface area contributed by atoms with Gasteiger partial charge in [0.15, 0.2) is 11.6 Å². The van der Waals surface area contributed by atoms with Crippen molar-refractivity contribution >= 4 is 23.2 Å². The van der Waals surface area contributed by atoms with Gasteiger partial charge in [-0.05, 0) is 30.3 Å². The van der Waals surface area contributed by atoms with Crippen molar-refractivity contribution in [2.75, 3.05) is 7.11 Å². The van der Waals surface area contributed by atoms with Gasteiger partial charge in [0.2, 0.25) is 0 Å². The first-order chi connectivity index (χ1) is 12.6. The van der Waals surface area contributed by atoms with E-state index in [1.807, 2.05) is 0 Å². The summed E-state index contributed by atoms with van der Waals surface area (Å²) in [5.74, 6) is -0.953. The molecule has 3 aromatic rings. The Balaban J connectivity index is 1.57. The molecule has 0 aliphatic carbocycles. The molecule has 2 aromatic carbocycles. The fourth-order valence-corrected chi connectivity index (χ4v) is 3.65. The molecule has 1 aromatic heterocycles. The Hall–Kier alpha value is -3.06. The van der Waals surface area contributed by atoms with E-state index in [1.165, 1.54) is 35.5 Å². The van der Waals surface area contributed by atoms with Gasteiger partial charge in [0, 0.05) is 10.9 Å². The van der Waals surface area contributed by atoms with E-state index in [0.29, 0.717) is 27.4 Å². The fraction of sp³-hybridized carbons (Fsp3) is 0.105. The van der Waals surface area contributed by atoms with Gasteiger partial charge in [-0.2, -0.15) is 0 Å². The molecule has 7 heteroatoms. The highest BCUT2D eigenvalue weighted by molar-refractivity contribution is 7.09. The Morgan fingerprint density at radius 1 is 1.12 bits per heavy atom. The van der Waals surface area contributed by atoms with Crippen LogP contribution in [0.25, 0.3) is 11.3 Å². The molecule has 2 amide bonds. The minimum atomic E-state index is -0.472. The van der Waals surface area contributed by atoms with E-state index in [4.69, 9.17) is 4.74 Å². The topological polar surface area (TPSA) is 59.5 Å². The number of aromatic nitrogens is 1. The number of amides is 2. The van der Waals surface area contributed by atoms with Gasteiger partial charge in [-0.3, -0.25) is 14.5 Å². The van der Waals surface area contributed by atoms with Crippen LogP contribution in [0.15, 0.2) is 47.8 Å². The van der Waals surface area contributed by atoms with Crippen molar-refractivity contribution in [3.05, 3.63) is 69.8 Å². The molecular formula is C19H13FN2O3S. The van der Waals surface area contributed by atoms with E-state index in [-0.39, 0.29) is 24.1 Å². The lowest BCUT2D eigenvalue weighted by Crippen LogP contribution is -2.29. The molecule has 130 valence electrons. The molecule has 0 bridgehead atoms. The van der Waals surface area contributed by atoms with Crippen LogP contribution in [0, 0.1) is 5.82 Å². The van der Waals surface area contributed by atoms with E-state index < -0.39 is 5.82 Å². The highest BCUT2D eigenvalue weighted by Gasteiger charge is 2.35. The van der Waals surface area contributed by atoms with Gasteiger partial charge < -0.3 is 4.74 Å². The van der Waals surface area contributed by atoms with Crippen LogP contribution in [-0.2, 0) is 6.54 Å². The van der Waals surface area contributed by atoms with Crippen molar-refractivity contribution in [1.29, 1.82) is 0 Å². The van der Waals surface area contributed by atoms with Crippen molar-refractivity contribution < 1.29 is 18.7 Å². The monoisotopic (exact) mass is 368 g/mol. The third-order valence-electron chi connectivity index (χ3n) is 4.17. The second-order valence-electron chi connectivity index (χ2n) is 5.72. The molecule has 0 spiro atoms. The normalized spacial score (nSPS) is 13.2. The summed E-state index contributed by atoms with van der Waals surface area (Å²) in [5, 5.41) is 2.38. The number of carbonyl (C=O) groups is 2. The molecule has 0 radical (unpaired) electrons. The van der Waals surface area contributed by atoms with Crippen LogP contribution in [0.2, 0.25) is 0 Å². The number of rotatable bonds is 4. The molecule has 0 saturated carbocycles. The van der Waals surface area contributed by atoms with Crippen LogP contribution in [0.3, 0.4) is 0 Å². The van der Waals surface area contributed by atoms with E-state index in [2.05, 4.69) is 4.98 Å². The Bertz CT molecular complexity index is 996. The van der Waals surface area contributed by atoms with Gasteiger partial charge in [0.05, 0.1) is 30.5 Å². The number of carbonyl (C=O) groups excluding carboxylic acids is 2. The summed E-state index contributed by atoms with van der Waals surface area (Å²) in [5.41, 5.74) is 2.01. The Morgan fingerprint density at radius 3 is 2.42 bits per heavy atom. The van der Waals surface area contributed by atoms with Crippen LogP contribution >= 0.6 is 11.3 Å². The van der Waals surface area contributed by atoms with Crippen molar-refractivity contribution in [3.8, 4) is 17.0 Å². The average molecular weight is 368 g/mol. The maximum absolute atomic E-state index is 13.9. The molecule has 4 rings (SSSR count). The average Bonchev–Trinajstić information content (AvgIpc) is 3.21. The Labute approximate surface area is 152 Å². The first-order valence-corrected chi connectivity index (χ1v) is 8.70. The van der Waals surface area contributed by atoms with Gasteiger partial charge >= 0.3 is 0 Å². The molecule has 0 N–H and O–H groups in total. The summed E-state index contributed by atoms with van der Waals surface area (Å²) >= 11 is 1.32. The van der Waals surface area contributed by atoms with Gasteiger partial charge in [-0.25, -0.2) is 9.37 Å². The van der Waals surface area contributed by atoms with Crippen molar-refractivity contribution in [3.63, 3.8) is 0 Å². The standard InChI is InChI=1S/C19H13FN2O3S/c1-25-16-7-6-11(8-14(16)20)15-10-26-17(21-15)9-22-18(23)12-4-2-3-5-13(12)19(22)24/h2-8,10H,9H2,1H3. The third kappa shape index (κ3) is 2.66. The van der Waals surface area contributed by atoms with E-state index in [9.17, 15) is 14.0 Å². The first-order valence-electron chi connectivity index (χ1n) is 7.82. The van der Waals surface area contributed by atoms with Crippen LogP contribution in [0.4, 0.5) is 4.39 Å². The van der Waals surface area contributed by atoms with Gasteiger partial charge in [-0.1, -0.05) is 12.1 Å². The number of hydrogen-bond donors (Lipinski definition) is 0. The number of nitrogens with zero attached hydrogens (tertiary/aromatic N) is 2. The second-order valence-corrected chi connectivity index (χ2v) is 6.66. The molecule has 0 saturated heterocycles. The minimum Gasteiger partial charge on any atom is -0.494 e. The SMILES string of the molecule is COc1ccc(-c2csc(CN3C(=O)c4ccccc4C3=O)n2)cc1F. The lowest BCUT2D eigenvalue weighted by atomic mass is 10.1. The minimum absolute atomic E-state index is 0.0929. The molecule has 1 aliphatic heterocycles. The van der Waals surface area contributed by atoms with Crippen LogP contribution in [0.5, 0.6) is 5.75 Å². The number of thiazole rings is 1. The quantitative estimate of drug-likeness (QED) is 0.658. The van der Waals surface area contributed by atoms with E-state index >= 15 is 0 Å². The number of fused-ring (bicyclic) bond motifs is 1. The highest BCUT2D eigenvalue weighted by atomic mass is 32.1. The summed E-state index contributed by atoms with van der Waals surface area (Å²) in [4.78, 5) is 30.5. The van der Waals surface area contributed by atoms with Crippen LogP contribution in [-0.4, -0.2) is 28.8 Å². The molecule has 0 unspecified atom stereocenters. The van der Waals surface area contributed by atoms with Crippen molar-refractivity contribution in [2.45, 2.75) is 6.54 Å². The number of halogens is 1. The molecule has 0 fully saturated rings. The predicted octanol–water partition coefficient (Wildman–Crippen LogP) is 3.75. The molecule has 5 nitrogen and oxygen atoms in total. The first kappa shape index (κ1) is 16.4. The van der Waals surface area contributed by atoms with Crippen molar-refractivity contribution in [2.24, 2.45) is 0 Å². The highest BCUT2D eigenvalue weighted by Crippen LogP contribution is 2.29. The van der Waals surface area contributed by atoms with Gasteiger partial charge in [0.25, 0.3) is 11.8 Å². The maximum Gasteiger partial charge on any atom is 0.261 e. The number of methoxy groups -OCH3 is 1. The lowest BCUT2D eigenvalue weighted by Gasteiger charge is -2.11. The second kappa shape index (κ2) is 6.34.